The second-order valence-electron chi connectivity index (χ2n) is 7.65. The quantitative estimate of drug-likeness (QED) is 0.606. The van der Waals surface area contributed by atoms with Crippen LogP contribution in [0.15, 0.2) is 18.3 Å². The summed E-state index contributed by atoms with van der Waals surface area (Å²) >= 11 is 0. The number of halogens is 3. The van der Waals surface area contributed by atoms with Crippen molar-refractivity contribution in [2.45, 2.75) is 45.3 Å². The van der Waals surface area contributed by atoms with Gasteiger partial charge in [-0.05, 0) is 26.7 Å². The van der Waals surface area contributed by atoms with Crippen molar-refractivity contribution in [3.8, 4) is 5.75 Å². The lowest BCUT2D eigenvalue weighted by atomic mass is 10.2. The standard InChI is InChI=1S/C21H24F3N5O2.2H2S/c1-3-28-11-18(30)29(4-2)17-10-25-21(27-20(17)28)26-12-5-6-13(7-12)31-14-8-15(22)19(24)16(23)9-14;;/h8-10,12-13H,3-7,11H2,1-2H3,(H,25,26,27);2*1H2/t12-,13-;;/m0../s1. The average Bonchev–Trinajstić information content (AvgIpc) is 3.18. The molecule has 0 saturated heterocycles. The Labute approximate surface area is 204 Å². The first kappa shape index (κ1) is 26.9. The summed E-state index contributed by atoms with van der Waals surface area (Å²) in [6, 6.07) is 1.72. The Morgan fingerprint density at radius 3 is 2.45 bits per heavy atom. The first-order chi connectivity index (χ1) is 14.9. The molecular weight excluding hydrogens is 475 g/mol. The van der Waals surface area contributed by atoms with Gasteiger partial charge >= 0.3 is 0 Å². The molecule has 1 aromatic heterocycles. The lowest BCUT2D eigenvalue weighted by molar-refractivity contribution is -0.117. The molecule has 182 valence electrons. The van der Waals surface area contributed by atoms with Gasteiger partial charge in [0.05, 0.1) is 12.7 Å². The molecule has 2 aliphatic rings. The van der Waals surface area contributed by atoms with E-state index in [1.807, 2.05) is 18.7 Å². The number of amides is 1. The van der Waals surface area contributed by atoms with Gasteiger partial charge < -0.3 is 19.9 Å². The molecule has 1 N–H and O–H groups in total. The molecule has 12 heteroatoms. The van der Waals surface area contributed by atoms with Crippen LogP contribution in [0.2, 0.25) is 0 Å². The second-order valence-corrected chi connectivity index (χ2v) is 7.65. The Morgan fingerprint density at radius 1 is 1.12 bits per heavy atom. The fraction of sp³-hybridized carbons (Fsp3) is 0.476. The zero-order valence-corrected chi connectivity index (χ0v) is 20.4. The van der Waals surface area contributed by atoms with Crippen molar-refractivity contribution in [1.29, 1.82) is 0 Å². The highest BCUT2D eigenvalue weighted by Gasteiger charge is 2.31. The van der Waals surface area contributed by atoms with E-state index in [1.54, 1.807) is 11.1 Å². The highest BCUT2D eigenvalue weighted by molar-refractivity contribution is 7.59. The number of nitrogens with one attached hydrogen (secondary N) is 1. The molecule has 1 aromatic carbocycles. The second kappa shape index (κ2) is 11.2. The largest absolute Gasteiger partial charge is 0.490 e. The molecule has 2 heterocycles. The van der Waals surface area contributed by atoms with E-state index < -0.39 is 17.5 Å². The van der Waals surface area contributed by atoms with E-state index >= 15 is 0 Å². The van der Waals surface area contributed by atoms with E-state index in [9.17, 15) is 18.0 Å². The highest BCUT2D eigenvalue weighted by Crippen LogP contribution is 2.33. The Bertz CT molecular complexity index is 977. The number of aromatic nitrogens is 2. The van der Waals surface area contributed by atoms with Crippen LogP contribution in [0.4, 0.5) is 30.6 Å². The molecule has 4 rings (SSSR count). The predicted octanol–water partition coefficient (Wildman–Crippen LogP) is 3.72. The fourth-order valence-electron chi connectivity index (χ4n) is 4.08. The summed E-state index contributed by atoms with van der Waals surface area (Å²) in [6.07, 6.45) is 3.40. The monoisotopic (exact) mass is 503 g/mol. The zero-order valence-electron chi connectivity index (χ0n) is 18.4. The molecule has 1 aliphatic carbocycles. The average molecular weight is 504 g/mol. The van der Waals surface area contributed by atoms with Crippen LogP contribution < -0.4 is 19.9 Å². The lowest BCUT2D eigenvalue weighted by Gasteiger charge is -2.35. The minimum Gasteiger partial charge on any atom is -0.490 e. The Morgan fingerprint density at radius 2 is 1.82 bits per heavy atom. The maximum atomic E-state index is 13.4. The molecule has 1 fully saturated rings. The zero-order chi connectivity index (χ0) is 22.1. The van der Waals surface area contributed by atoms with Crippen LogP contribution >= 0.6 is 27.0 Å². The van der Waals surface area contributed by atoms with Crippen molar-refractivity contribution in [3.05, 3.63) is 35.8 Å². The van der Waals surface area contributed by atoms with Gasteiger partial charge in [-0.15, -0.1) is 0 Å². The van der Waals surface area contributed by atoms with Gasteiger partial charge in [-0.25, -0.2) is 18.2 Å². The topological polar surface area (TPSA) is 70.6 Å². The molecule has 2 atom stereocenters. The molecule has 1 aliphatic heterocycles. The molecule has 7 nitrogen and oxygen atoms in total. The van der Waals surface area contributed by atoms with Crippen molar-refractivity contribution >= 4 is 50.4 Å². The van der Waals surface area contributed by atoms with Gasteiger partial charge in [0, 0.05) is 37.7 Å². The Kier molecular flexibility index (Phi) is 9.12. The molecule has 0 bridgehead atoms. The molecule has 33 heavy (non-hydrogen) atoms. The normalized spacial score (nSPS) is 19.5. The van der Waals surface area contributed by atoms with E-state index in [2.05, 4.69) is 15.3 Å². The van der Waals surface area contributed by atoms with Crippen LogP contribution in [0, 0.1) is 17.5 Å². The summed E-state index contributed by atoms with van der Waals surface area (Å²) in [4.78, 5) is 24.9. The maximum Gasteiger partial charge on any atom is 0.246 e. The lowest BCUT2D eigenvalue weighted by Crippen LogP contribution is -2.46. The number of carbonyl (C=O) groups excluding carboxylic acids is 1. The number of rotatable bonds is 6. The number of anilines is 3. The van der Waals surface area contributed by atoms with Crippen molar-refractivity contribution in [3.63, 3.8) is 0 Å². The van der Waals surface area contributed by atoms with Crippen molar-refractivity contribution in [1.82, 2.24) is 9.97 Å². The number of hydrogen-bond acceptors (Lipinski definition) is 6. The van der Waals surface area contributed by atoms with E-state index in [0.29, 0.717) is 43.4 Å². The summed E-state index contributed by atoms with van der Waals surface area (Å²) in [5.74, 6) is -2.90. The van der Waals surface area contributed by atoms with E-state index in [-0.39, 0.29) is 57.3 Å². The fourth-order valence-corrected chi connectivity index (χ4v) is 4.08. The smallest absolute Gasteiger partial charge is 0.246 e. The number of ether oxygens (including phenoxy) is 1. The van der Waals surface area contributed by atoms with E-state index in [1.165, 1.54) is 0 Å². The minimum atomic E-state index is -1.51. The molecule has 0 unspecified atom stereocenters. The van der Waals surface area contributed by atoms with Crippen molar-refractivity contribution in [2.75, 3.05) is 34.8 Å². The molecule has 0 spiro atoms. The first-order valence-electron chi connectivity index (χ1n) is 10.4. The molecule has 2 aromatic rings. The number of nitrogens with zero attached hydrogens (tertiary/aromatic N) is 4. The van der Waals surface area contributed by atoms with Gasteiger partial charge in [-0.3, -0.25) is 4.79 Å². The van der Waals surface area contributed by atoms with E-state index in [0.717, 1.165) is 18.6 Å². The van der Waals surface area contributed by atoms with Gasteiger partial charge in [0.15, 0.2) is 23.3 Å². The number of carbonyl (C=O) groups is 1. The molecule has 1 saturated carbocycles. The number of fused-ring (bicyclic) bond motifs is 1. The Balaban J connectivity index is 0.00000193. The molecule has 0 radical (unpaired) electrons. The summed E-state index contributed by atoms with van der Waals surface area (Å²) in [7, 11) is 0. The third kappa shape index (κ3) is 5.60. The predicted molar refractivity (Wildman–Crippen MR) is 131 cm³/mol. The van der Waals surface area contributed by atoms with Gasteiger partial charge in [0.2, 0.25) is 11.9 Å². The van der Waals surface area contributed by atoms with Gasteiger partial charge in [-0.2, -0.15) is 32.0 Å². The number of hydrogen-bond donors (Lipinski definition) is 1. The van der Waals surface area contributed by atoms with Crippen LogP contribution in [-0.2, 0) is 4.79 Å². The van der Waals surface area contributed by atoms with Crippen LogP contribution in [0.3, 0.4) is 0 Å². The van der Waals surface area contributed by atoms with Crippen LogP contribution in [0.1, 0.15) is 33.1 Å². The molecule has 1 amide bonds. The summed E-state index contributed by atoms with van der Waals surface area (Å²) < 4.78 is 45.6. The summed E-state index contributed by atoms with van der Waals surface area (Å²) in [5.41, 5.74) is 0.694. The summed E-state index contributed by atoms with van der Waals surface area (Å²) in [5, 5.41) is 3.29. The first-order valence-corrected chi connectivity index (χ1v) is 10.4. The molecular formula is C21H28F3N5O2S2. The third-order valence-electron chi connectivity index (χ3n) is 5.64. The van der Waals surface area contributed by atoms with Gasteiger partial charge in [-0.1, -0.05) is 0 Å². The van der Waals surface area contributed by atoms with Crippen molar-refractivity contribution < 1.29 is 22.7 Å². The van der Waals surface area contributed by atoms with Crippen LogP contribution in [0.25, 0.3) is 0 Å². The van der Waals surface area contributed by atoms with Crippen LogP contribution in [0.5, 0.6) is 5.75 Å². The van der Waals surface area contributed by atoms with E-state index in [4.69, 9.17) is 4.74 Å². The summed E-state index contributed by atoms with van der Waals surface area (Å²) in [6.45, 7) is 5.35. The number of likely N-dealkylation sites (N-methyl/N-ethyl adjacent to an activating group) is 2. The third-order valence-corrected chi connectivity index (χ3v) is 5.64. The van der Waals surface area contributed by atoms with Crippen molar-refractivity contribution in [2.24, 2.45) is 0 Å². The number of benzene rings is 1. The highest BCUT2D eigenvalue weighted by atomic mass is 32.1. The van der Waals surface area contributed by atoms with Gasteiger partial charge in [0.1, 0.15) is 17.5 Å². The Hall–Kier alpha value is -2.34. The minimum absolute atomic E-state index is 0. The SMILES string of the molecule is CCN1CC(=O)N(CC)c2cnc(N[C@H]3CC[C@H](Oc4cc(F)c(F)c(F)c4)C3)nc21.S.S. The maximum absolute atomic E-state index is 13.4. The van der Waals surface area contributed by atoms with Crippen LogP contribution in [-0.4, -0.2) is 47.7 Å². The van der Waals surface area contributed by atoms with Gasteiger partial charge in [0.25, 0.3) is 0 Å².